The summed E-state index contributed by atoms with van der Waals surface area (Å²) in [4.78, 5) is 11.2. The van der Waals surface area contributed by atoms with Crippen molar-refractivity contribution in [3.05, 3.63) is 95.1 Å². The molecule has 30 heavy (non-hydrogen) atoms. The number of hydrogen-bond donors (Lipinski definition) is 0. The quantitative estimate of drug-likeness (QED) is 0.360. The minimum atomic E-state index is -0.310. The van der Waals surface area contributed by atoms with Gasteiger partial charge >= 0.3 is 5.97 Å². The number of methoxy groups -OCH3 is 1. The Morgan fingerprint density at radius 1 is 0.667 bits per heavy atom. The normalized spacial score (nSPS) is 11.8. The van der Waals surface area contributed by atoms with Gasteiger partial charge in [0.2, 0.25) is 0 Å². The van der Waals surface area contributed by atoms with Gasteiger partial charge < -0.3 is 9.47 Å². The van der Waals surface area contributed by atoms with Crippen molar-refractivity contribution >= 4 is 5.97 Å². The maximum absolute atomic E-state index is 11.2. The molecule has 3 rings (SSSR count). The maximum atomic E-state index is 11.2. The molecule has 0 atom stereocenters. The van der Waals surface area contributed by atoms with Crippen molar-refractivity contribution in [2.45, 2.75) is 45.4 Å². The van der Waals surface area contributed by atoms with E-state index in [1.807, 2.05) is 36.4 Å². The maximum Gasteiger partial charge on any atom is 0.308 e. The Labute approximate surface area is 179 Å². The van der Waals surface area contributed by atoms with Gasteiger partial charge in [0.25, 0.3) is 0 Å². The second-order valence-electron chi connectivity index (χ2n) is 8.68. The fourth-order valence-corrected chi connectivity index (χ4v) is 3.74. The fraction of sp³-hybridized carbons (Fsp3) is 0.296. The van der Waals surface area contributed by atoms with E-state index >= 15 is 0 Å². The van der Waals surface area contributed by atoms with Gasteiger partial charge in [-0.1, -0.05) is 76.2 Å². The Balaban J connectivity index is 1.93. The van der Waals surface area contributed by atoms with Crippen molar-refractivity contribution in [3.63, 3.8) is 0 Å². The lowest BCUT2D eigenvalue weighted by Crippen LogP contribution is -2.23. The third-order valence-corrected chi connectivity index (χ3v) is 5.96. The van der Waals surface area contributed by atoms with E-state index in [9.17, 15) is 4.79 Å². The van der Waals surface area contributed by atoms with Gasteiger partial charge in [0, 0.05) is 17.8 Å². The predicted octanol–water partition coefficient (Wildman–Crippen LogP) is 6.27. The van der Waals surface area contributed by atoms with Crippen LogP contribution in [0.3, 0.4) is 0 Å². The van der Waals surface area contributed by atoms with Crippen LogP contribution >= 0.6 is 0 Å². The molecular weight excluding hydrogens is 372 g/mol. The molecule has 156 valence electrons. The third kappa shape index (κ3) is 4.40. The van der Waals surface area contributed by atoms with Gasteiger partial charge in [-0.15, -0.1) is 0 Å². The van der Waals surface area contributed by atoms with Gasteiger partial charge in [0.15, 0.2) is 0 Å². The highest BCUT2D eigenvalue weighted by Gasteiger charge is 2.27. The highest BCUT2D eigenvalue weighted by Crippen LogP contribution is 2.37. The summed E-state index contributed by atoms with van der Waals surface area (Å²) in [6.07, 6.45) is 0. The smallest absolute Gasteiger partial charge is 0.308 e. The summed E-state index contributed by atoms with van der Waals surface area (Å²) in [6, 6.07) is 24.8. The second kappa shape index (κ2) is 8.35. The van der Waals surface area contributed by atoms with Crippen molar-refractivity contribution in [2.75, 3.05) is 7.11 Å². The van der Waals surface area contributed by atoms with E-state index in [0.29, 0.717) is 5.75 Å². The van der Waals surface area contributed by atoms with Crippen LogP contribution in [0.15, 0.2) is 72.8 Å². The van der Waals surface area contributed by atoms with E-state index in [1.165, 1.54) is 23.6 Å². The molecule has 0 aromatic heterocycles. The minimum absolute atomic E-state index is 0.141. The predicted molar refractivity (Wildman–Crippen MR) is 121 cm³/mol. The summed E-state index contributed by atoms with van der Waals surface area (Å²) >= 11 is 0. The van der Waals surface area contributed by atoms with Crippen LogP contribution < -0.4 is 9.47 Å². The molecule has 0 amide bonds. The highest BCUT2D eigenvalue weighted by molar-refractivity contribution is 5.69. The van der Waals surface area contributed by atoms with Crippen molar-refractivity contribution in [1.29, 1.82) is 0 Å². The van der Waals surface area contributed by atoms with Crippen LogP contribution in [-0.2, 0) is 15.6 Å². The zero-order chi connectivity index (χ0) is 21.9. The molecule has 0 spiro atoms. The monoisotopic (exact) mass is 402 g/mol. The Morgan fingerprint density at radius 2 is 1.10 bits per heavy atom. The molecular formula is C27H30O3. The molecule has 3 heteroatoms. The van der Waals surface area contributed by atoms with Crippen LogP contribution in [0, 0.1) is 0 Å². The topological polar surface area (TPSA) is 35.5 Å². The SMILES string of the molecule is COc1ccc(C(C)(C)c2cccc(C(C)(C)c3ccc(OC(C)=O)cc3)c2)cc1. The van der Waals surface area contributed by atoms with Gasteiger partial charge in [-0.05, 0) is 46.5 Å². The van der Waals surface area contributed by atoms with Crippen molar-refractivity contribution < 1.29 is 14.3 Å². The molecule has 0 radical (unpaired) electrons. The van der Waals surface area contributed by atoms with Crippen LogP contribution in [-0.4, -0.2) is 13.1 Å². The number of carbonyl (C=O) groups is 1. The molecule has 3 aromatic carbocycles. The van der Waals surface area contributed by atoms with E-state index in [-0.39, 0.29) is 16.8 Å². The zero-order valence-electron chi connectivity index (χ0n) is 18.7. The Bertz CT molecular complexity index is 1010. The largest absolute Gasteiger partial charge is 0.497 e. The summed E-state index contributed by atoms with van der Waals surface area (Å²) in [6.45, 7) is 10.3. The molecule has 0 aliphatic carbocycles. The minimum Gasteiger partial charge on any atom is -0.497 e. The van der Waals surface area contributed by atoms with E-state index in [1.54, 1.807) is 7.11 Å². The van der Waals surface area contributed by atoms with Crippen LogP contribution in [0.25, 0.3) is 0 Å². The van der Waals surface area contributed by atoms with Crippen molar-refractivity contribution in [1.82, 2.24) is 0 Å². The van der Waals surface area contributed by atoms with E-state index < -0.39 is 0 Å². The Morgan fingerprint density at radius 3 is 1.50 bits per heavy atom. The van der Waals surface area contributed by atoms with Crippen LogP contribution in [0.1, 0.15) is 56.9 Å². The molecule has 0 aliphatic heterocycles. The lowest BCUT2D eigenvalue weighted by Gasteiger charge is -2.31. The van der Waals surface area contributed by atoms with Crippen LogP contribution in [0.2, 0.25) is 0 Å². The molecule has 0 saturated carbocycles. The average Bonchev–Trinajstić information content (AvgIpc) is 2.74. The van der Waals surface area contributed by atoms with Gasteiger partial charge in [-0.2, -0.15) is 0 Å². The summed E-state index contributed by atoms with van der Waals surface area (Å²) < 4.78 is 10.5. The van der Waals surface area contributed by atoms with Gasteiger partial charge in [0.1, 0.15) is 11.5 Å². The van der Waals surface area contributed by atoms with E-state index in [4.69, 9.17) is 9.47 Å². The number of benzene rings is 3. The van der Waals surface area contributed by atoms with E-state index in [2.05, 4.69) is 64.1 Å². The molecule has 0 bridgehead atoms. The Hall–Kier alpha value is -3.07. The first kappa shape index (κ1) is 21.6. The van der Waals surface area contributed by atoms with Gasteiger partial charge in [-0.25, -0.2) is 0 Å². The second-order valence-corrected chi connectivity index (χ2v) is 8.68. The summed E-state index contributed by atoms with van der Waals surface area (Å²) in [5.74, 6) is 1.12. The van der Waals surface area contributed by atoms with Crippen molar-refractivity contribution in [3.8, 4) is 11.5 Å². The first-order valence-electron chi connectivity index (χ1n) is 10.2. The average molecular weight is 403 g/mol. The number of hydrogen-bond acceptors (Lipinski definition) is 3. The molecule has 3 nitrogen and oxygen atoms in total. The van der Waals surface area contributed by atoms with Gasteiger partial charge in [0.05, 0.1) is 7.11 Å². The van der Waals surface area contributed by atoms with Crippen LogP contribution in [0.4, 0.5) is 0 Å². The standard InChI is InChI=1S/C27H30O3/c1-19(28)30-25-16-12-21(13-17-25)27(4,5)23-9-7-8-22(18-23)26(2,3)20-10-14-24(29-6)15-11-20/h7-18H,1-6H3. The van der Waals surface area contributed by atoms with E-state index in [0.717, 1.165) is 11.3 Å². The van der Waals surface area contributed by atoms with Crippen molar-refractivity contribution in [2.24, 2.45) is 0 Å². The molecule has 0 heterocycles. The summed E-state index contributed by atoms with van der Waals surface area (Å²) in [5.41, 5.74) is 4.57. The lowest BCUT2D eigenvalue weighted by molar-refractivity contribution is -0.131. The molecule has 3 aromatic rings. The number of ether oxygens (including phenoxy) is 2. The number of rotatable bonds is 6. The molecule has 0 saturated heterocycles. The first-order valence-corrected chi connectivity index (χ1v) is 10.2. The molecule has 0 fully saturated rings. The number of carbonyl (C=O) groups excluding carboxylic acids is 1. The number of esters is 1. The fourth-order valence-electron chi connectivity index (χ4n) is 3.74. The zero-order valence-corrected chi connectivity index (χ0v) is 18.7. The lowest BCUT2D eigenvalue weighted by atomic mass is 9.73. The molecule has 0 aliphatic rings. The Kier molecular flexibility index (Phi) is 6.02. The summed E-state index contributed by atoms with van der Waals surface area (Å²) in [5, 5.41) is 0. The summed E-state index contributed by atoms with van der Waals surface area (Å²) in [7, 11) is 1.69. The van der Waals surface area contributed by atoms with Crippen LogP contribution in [0.5, 0.6) is 11.5 Å². The van der Waals surface area contributed by atoms with Gasteiger partial charge in [-0.3, -0.25) is 4.79 Å². The molecule has 0 unspecified atom stereocenters. The third-order valence-electron chi connectivity index (χ3n) is 5.96. The highest BCUT2D eigenvalue weighted by atomic mass is 16.5. The molecule has 0 N–H and O–H groups in total. The first-order chi connectivity index (χ1) is 14.1.